The molecule has 0 aliphatic rings. The fourth-order valence-corrected chi connectivity index (χ4v) is 2.01. The molecule has 0 bridgehead atoms. The highest BCUT2D eigenvalue weighted by Gasteiger charge is 2.14. The quantitative estimate of drug-likeness (QED) is 0.773. The molecular formula is C16H26FN3O. The standard InChI is InChI=1S/C16H26FN3O/c1-5-9-18-16(21)11-20(4)15-8-6-7-14(17)13(15)10-19-12(2)3/h6-8,12,19H,5,9-11H2,1-4H3,(H,18,21). The van der Waals surface area contributed by atoms with Gasteiger partial charge in [0, 0.05) is 37.4 Å². The number of carbonyl (C=O) groups is 1. The van der Waals surface area contributed by atoms with E-state index >= 15 is 0 Å². The van der Waals surface area contributed by atoms with E-state index in [0.717, 1.165) is 12.1 Å². The van der Waals surface area contributed by atoms with Crippen LogP contribution < -0.4 is 15.5 Å². The third kappa shape index (κ3) is 5.71. The van der Waals surface area contributed by atoms with E-state index in [1.165, 1.54) is 6.07 Å². The summed E-state index contributed by atoms with van der Waals surface area (Å²) in [5.41, 5.74) is 1.34. The Bertz CT molecular complexity index is 463. The van der Waals surface area contributed by atoms with Crippen LogP contribution in [0.3, 0.4) is 0 Å². The minimum atomic E-state index is -0.249. The highest BCUT2D eigenvalue weighted by Crippen LogP contribution is 2.22. The Morgan fingerprint density at radius 2 is 2.10 bits per heavy atom. The Morgan fingerprint density at radius 3 is 2.71 bits per heavy atom. The maximum atomic E-state index is 14.0. The molecular weight excluding hydrogens is 269 g/mol. The first-order valence-corrected chi connectivity index (χ1v) is 7.44. The van der Waals surface area contributed by atoms with Gasteiger partial charge in [0.05, 0.1) is 6.54 Å². The van der Waals surface area contributed by atoms with E-state index in [1.54, 1.807) is 18.0 Å². The van der Waals surface area contributed by atoms with Gasteiger partial charge in [-0.1, -0.05) is 26.8 Å². The molecule has 5 heteroatoms. The van der Waals surface area contributed by atoms with Crippen molar-refractivity contribution in [3.05, 3.63) is 29.6 Å². The van der Waals surface area contributed by atoms with Crippen molar-refractivity contribution in [1.82, 2.24) is 10.6 Å². The normalized spacial score (nSPS) is 10.8. The van der Waals surface area contributed by atoms with Crippen LogP contribution in [0.4, 0.5) is 10.1 Å². The zero-order chi connectivity index (χ0) is 15.8. The van der Waals surface area contributed by atoms with Crippen LogP contribution in [0.25, 0.3) is 0 Å². The highest BCUT2D eigenvalue weighted by molar-refractivity contribution is 5.81. The van der Waals surface area contributed by atoms with E-state index in [-0.39, 0.29) is 24.3 Å². The van der Waals surface area contributed by atoms with Crippen molar-refractivity contribution in [3.63, 3.8) is 0 Å². The van der Waals surface area contributed by atoms with Crippen molar-refractivity contribution in [2.45, 2.75) is 39.8 Å². The van der Waals surface area contributed by atoms with Gasteiger partial charge in [-0.25, -0.2) is 4.39 Å². The summed E-state index contributed by atoms with van der Waals surface area (Å²) in [4.78, 5) is 13.6. The summed E-state index contributed by atoms with van der Waals surface area (Å²) in [6.07, 6.45) is 0.902. The Labute approximate surface area is 126 Å². The van der Waals surface area contributed by atoms with Crippen molar-refractivity contribution in [2.75, 3.05) is 25.0 Å². The first-order chi connectivity index (χ1) is 9.95. The first kappa shape index (κ1) is 17.4. The third-order valence-corrected chi connectivity index (χ3v) is 3.15. The van der Waals surface area contributed by atoms with Gasteiger partial charge in [0.1, 0.15) is 5.82 Å². The molecule has 0 heterocycles. The van der Waals surface area contributed by atoms with E-state index in [0.29, 0.717) is 18.7 Å². The molecule has 0 spiro atoms. The second-order valence-electron chi connectivity index (χ2n) is 5.48. The maximum Gasteiger partial charge on any atom is 0.239 e. The van der Waals surface area contributed by atoms with Gasteiger partial charge >= 0.3 is 0 Å². The molecule has 0 fully saturated rings. The van der Waals surface area contributed by atoms with Gasteiger partial charge in [-0.3, -0.25) is 4.79 Å². The number of nitrogens with zero attached hydrogens (tertiary/aromatic N) is 1. The lowest BCUT2D eigenvalue weighted by Crippen LogP contribution is -2.36. The Morgan fingerprint density at radius 1 is 1.38 bits per heavy atom. The average molecular weight is 295 g/mol. The molecule has 0 aliphatic carbocycles. The number of anilines is 1. The van der Waals surface area contributed by atoms with Gasteiger partial charge in [-0.15, -0.1) is 0 Å². The van der Waals surface area contributed by atoms with Crippen molar-refractivity contribution >= 4 is 11.6 Å². The van der Waals surface area contributed by atoms with Crippen molar-refractivity contribution in [2.24, 2.45) is 0 Å². The van der Waals surface area contributed by atoms with Gasteiger partial charge in [-0.05, 0) is 18.6 Å². The predicted molar refractivity (Wildman–Crippen MR) is 84.9 cm³/mol. The van der Waals surface area contributed by atoms with E-state index in [2.05, 4.69) is 10.6 Å². The van der Waals surface area contributed by atoms with Crippen LogP contribution in [0.1, 0.15) is 32.8 Å². The zero-order valence-electron chi connectivity index (χ0n) is 13.4. The van der Waals surface area contributed by atoms with Gasteiger partial charge in [0.2, 0.25) is 5.91 Å². The topological polar surface area (TPSA) is 44.4 Å². The molecule has 1 aromatic carbocycles. The van der Waals surface area contributed by atoms with Crippen LogP contribution in [0.5, 0.6) is 0 Å². The summed E-state index contributed by atoms with van der Waals surface area (Å²) in [6.45, 7) is 7.37. The molecule has 0 saturated heterocycles. The Balaban J connectivity index is 2.80. The van der Waals surface area contributed by atoms with Crippen molar-refractivity contribution in [1.29, 1.82) is 0 Å². The van der Waals surface area contributed by atoms with Crippen LogP contribution in [0.15, 0.2) is 18.2 Å². The van der Waals surface area contributed by atoms with Crippen molar-refractivity contribution < 1.29 is 9.18 Å². The fraction of sp³-hybridized carbons (Fsp3) is 0.562. The number of nitrogens with one attached hydrogen (secondary N) is 2. The van der Waals surface area contributed by atoms with Crippen LogP contribution >= 0.6 is 0 Å². The summed E-state index contributed by atoms with van der Waals surface area (Å²) in [6, 6.07) is 5.24. The monoisotopic (exact) mass is 295 g/mol. The lowest BCUT2D eigenvalue weighted by Gasteiger charge is -2.23. The number of carbonyl (C=O) groups excluding carboxylic acids is 1. The molecule has 1 rings (SSSR count). The summed E-state index contributed by atoms with van der Waals surface area (Å²) < 4.78 is 14.0. The van der Waals surface area contributed by atoms with Crippen molar-refractivity contribution in [3.8, 4) is 0 Å². The smallest absolute Gasteiger partial charge is 0.239 e. The Kier molecular flexibility index (Phi) is 7.15. The summed E-state index contributed by atoms with van der Waals surface area (Å²) in [5.74, 6) is -0.298. The zero-order valence-corrected chi connectivity index (χ0v) is 13.4. The van der Waals surface area contributed by atoms with Gasteiger partial charge in [-0.2, -0.15) is 0 Å². The van der Waals surface area contributed by atoms with Gasteiger partial charge in [0.15, 0.2) is 0 Å². The molecule has 4 nitrogen and oxygen atoms in total. The maximum absolute atomic E-state index is 14.0. The molecule has 2 N–H and O–H groups in total. The molecule has 0 saturated carbocycles. The predicted octanol–water partition coefficient (Wildman–Crippen LogP) is 2.29. The highest BCUT2D eigenvalue weighted by atomic mass is 19.1. The number of likely N-dealkylation sites (N-methyl/N-ethyl adjacent to an activating group) is 1. The first-order valence-electron chi connectivity index (χ1n) is 7.44. The number of hydrogen-bond donors (Lipinski definition) is 2. The van der Waals surface area contributed by atoms with Gasteiger partial charge < -0.3 is 15.5 Å². The fourth-order valence-electron chi connectivity index (χ4n) is 2.01. The second-order valence-corrected chi connectivity index (χ2v) is 5.48. The number of amides is 1. The molecule has 118 valence electrons. The number of halogens is 1. The minimum Gasteiger partial charge on any atom is -0.365 e. The van der Waals surface area contributed by atoms with Crippen LogP contribution in [0.2, 0.25) is 0 Å². The molecule has 1 amide bonds. The lowest BCUT2D eigenvalue weighted by molar-refractivity contribution is -0.119. The van der Waals surface area contributed by atoms with Gasteiger partial charge in [0.25, 0.3) is 0 Å². The molecule has 0 aromatic heterocycles. The average Bonchev–Trinajstić information content (AvgIpc) is 2.43. The molecule has 1 aromatic rings. The second kappa shape index (κ2) is 8.62. The minimum absolute atomic E-state index is 0.0496. The van der Waals surface area contributed by atoms with E-state index in [4.69, 9.17) is 0 Å². The lowest BCUT2D eigenvalue weighted by atomic mass is 10.1. The van der Waals surface area contributed by atoms with Crippen LogP contribution in [0, 0.1) is 5.82 Å². The van der Waals surface area contributed by atoms with E-state index in [1.807, 2.05) is 26.8 Å². The number of hydrogen-bond acceptors (Lipinski definition) is 3. The molecule has 0 aliphatic heterocycles. The Hall–Kier alpha value is -1.62. The number of rotatable bonds is 8. The summed E-state index contributed by atoms with van der Waals surface area (Å²) >= 11 is 0. The molecule has 0 atom stereocenters. The molecule has 0 unspecified atom stereocenters. The SMILES string of the molecule is CCCNC(=O)CN(C)c1cccc(F)c1CNC(C)C. The third-order valence-electron chi connectivity index (χ3n) is 3.15. The molecule has 0 radical (unpaired) electrons. The largest absolute Gasteiger partial charge is 0.365 e. The van der Waals surface area contributed by atoms with E-state index < -0.39 is 0 Å². The van der Waals surface area contributed by atoms with E-state index in [9.17, 15) is 9.18 Å². The number of benzene rings is 1. The molecule has 21 heavy (non-hydrogen) atoms. The summed E-state index contributed by atoms with van der Waals surface area (Å²) in [5, 5.41) is 6.05. The van der Waals surface area contributed by atoms with Crippen LogP contribution in [-0.4, -0.2) is 32.1 Å². The summed E-state index contributed by atoms with van der Waals surface area (Å²) in [7, 11) is 1.80. The van der Waals surface area contributed by atoms with Crippen LogP contribution in [-0.2, 0) is 11.3 Å².